The summed E-state index contributed by atoms with van der Waals surface area (Å²) in [6.07, 6.45) is 6.85. The van der Waals surface area contributed by atoms with Gasteiger partial charge in [-0.2, -0.15) is 0 Å². The van der Waals surface area contributed by atoms with Crippen molar-refractivity contribution in [2.24, 2.45) is 7.05 Å². The summed E-state index contributed by atoms with van der Waals surface area (Å²) in [5, 5.41) is 6.29. The van der Waals surface area contributed by atoms with Gasteiger partial charge in [0.25, 0.3) is 0 Å². The van der Waals surface area contributed by atoms with Gasteiger partial charge in [-0.1, -0.05) is 6.92 Å². The summed E-state index contributed by atoms with van der Waals surface area (Å²) in [7, 11) is 4.96. The van der Waals surface area contributed by atoms with Crippen LogP contribution >= 0.6 is 0 Å². The third-order valence-electron chi connectivity index (χ3n) is 5.94. The van der Waals surface area contributed by atoms with E-state index >= 15 is 0 Å². The van der Waals surface area contributed by atoms with Crippen LogP contribution in [-0.4, -0.2) is 61.1 Å². The van der Waals surface area contributed by atoms with Crippen molar-refractivity contribution in [3.8, 4) is 11.3 Å². The molecule has 4 aromatic heterocycles. The number of imidazole rings is 1. The van der Waals surface area contributed by atoms with Gasteiger partial charge in [-0.3, -0.25) is 14.9 Å². The summed E-state index contributed by atoms with van der Waals surface area (Å²) in [6, 6.07) is 2.03. The van der Waals surface area contributed by atoms with Gasteiger partial charge in [0, 0.05) is 33.4 Å². The number of ether oxygens (including phenoxy) is 1. The maximum atomic E-state index is 12.7. The second-order valence-electron chi connectivity index (χ2n) is 8.03. The lowest BCUT2D eigenvalue weighted by molar-refractivity contribution is 0.0595. The topological polar surface area (TPSA) is 123 Å². The molecule has 0 amide bonds. The Morgan fingerprint density at radius 3 is 2.76 bits per heavy atom. The van der Waals surface area contributed by atoms with Crippen LogP contribution in [0.5, 0.6) is 0 Å². The van der Waals surface area contributed by atoms with Crippen molar-refractivity contribution >= 4 is 34.3 Å². The Kier molecular flexibility index (Phi) is 5.54. The largest absolute Gasteiger partial charge is 0.464 e. The number of methoxy groups -OCH3 is 1. The number of hydrogen-bond donors (Lipinski definition) is 2. The molecule has 4 aromatic rings. The number of fused-ring (bicyclic) bond motifs is 2. The monoisotopic (exact) mass is 459 g/mol. The lowest BCUT2D eigenvalue weighted by Crippen LogP contribution is -2.14. The summed E-state index contributed by atoms with van der Waals surface area (Å²) in [5.41, 5.74) is 5.66. The van der Waals surface area contributed by atoms with Gasteiger partial charge in [-0.15, -0.1) is 0 Å². The van der Waals surface area contributed by atoms with Crippen LogP contribution in [-0.2, 0) is 24.9 Å². The van der Waals surface area contributed by atoms with E-state index in [9.17, 15) is 4.79 Å². The molecule has 1 aliphatic rings. The highest BCUT2D eigenvalue weighted by molar-refractivity contribution is 5.98. The molecule has 2 N–H and O–H groups in total. The van der Waals surface area contributed by atoms with E-state index in [1.54, 1.807) is 32.0 Å². The van der Waals surface area contributed by atoms with Crippen LogP contribution in [0.2, 0.25) is 0 Å². The number of anilines is 3. The fraction of sp³-hybridized carbons (Fsp3) is 0.304. The molecule has 0 saturated heterocycles. The maximum absolute atomic E-state index is 12.7. The van der Waals surface area contributed by atoms with Crippen molar-refractivity contribution < 1.29 is 9.53 Å². The summed E-state index contributed by atoms with van der Waals surface area (Å²) in [4.78, 5) is 37.8. The van der Waals surface area contributed by atoms with Gasteiger partial charge in [0.15, 0.2) is 17.3 Å². The fourth-order valence-corrected chi connectivity index (χ4v) is 4.10. The average Bonchev–Trinajstić information content (AvgIpc) is 3.46. The number of rotatable bonds is 6. The number of hydrogen-bond acceptors (Lipinski definition) is 10. The van der Waals surface area contributed by atoms with Crippen molar-refractivity contribution in [1.82, 2.24) is 34.4 Å². The standard InChI is InChI=1S/C23H25N9O2/c1-5-32-10-13-6-14(7-26-16(13)11-32)28-22-20(23(33)34-4)29-19(21(24-2)30-22)15-8-25-9-17-18(15)27-12-31(17)3/h6-9,12H,5,10-11H2,1-4H3,(H2,24,28,30). The second-order valence-corrected chi connectivity index (χ2v) is 8.03. The number of carbonyl (C=O) groups excluding carboxylic acids is 1. The predicted molar refractivity (Wildman–Crippen MR) is 128 cm³/mol. The molecule has 5 heterocycles. The lowest BCUT2D eigenvalue weighted by Gasteiger charge is -2.15. The normalized spacial score (nSPS) is 13.2. The van der Waals surface area contributed by atoms with E-state index in [0.29, 0.717) is 22.6 Å². The van der Waals surface area contributed by atoms with Gasteiger partial charge in [0.05, 0.1) is 48.3 Å². The van der Waals surface area contributed by atoms with Gasteiger partial charge < -0.3 is 19.9 Å². The summed E-state index contributed by atoms with van der Waals surface area (Å²) < 4.78 is 6.88. The molecule has 0 radical (unpaired) electrons. The molecule has 0 unspecified atom stereocenters. The Morgan fingerprint density at radius 2 is 2.00 bits per heavy atom. The molecule has 0 bridgehead atoms. The van der Waals surface area contributed by atoms with Gasteiger partial charge in [-0.05, 0) is 18.2 Å². The summed E-state index contributed by atoms with van der Waals surface area (Å²) in [6.45, 7) is 4.77. The molecule has 5 rings (SSSR count). The molecule has 0 saturated carbocycles. The molecule has 0 aliphatic carbocycles. The van der Waals surface area contributed by atoms with Gasteiger partial charge in [0.2, 0.25) is 0 Å². The van der Waals surface area contributed by atoms with Gasteiger partial charge >= 0.3 is 5.97 Å². The van der Waals surface area contributed by atoms with Crippen LogP contribution in [0.3, 0.4) is 0 Å². The SMILES string of the molecule is CCN1Cc2cc(Nc3nc(NC)c(-c4cncc5c4ncn5C)nc3C(=O)OC)cnc2C1. The van der Waals surface area contributed by atoms with Crippen LogP contribution in [0.25, 0.3) is 22.3 Å². The zero-order chi connectivity index (χ0) is 23.8. The van der Waals surface area contributed by atoms with E-state index in [0.717, 1.165) is 42.1 Å². The Hall–Kier alpha value is -4.12. The lowest BCUT2D eigenvalue weighted by atomic mass is 10.1. The Labute approximate surface area is 196 Å². The van der Waals surface area contributed by atoms with Gasteiger partial charge in [-0.25, -0.2) is 19.7 Å². The first-order valence-electron chi connectivity index (χ1n) is 10.9. The minimum atomic E-state index is -0.605. The fourth-order valence-electron chi connectivity index (χ4n) is 4.10. The molecule has 11 heteroatoms. The number of nitrogens with zero attached hydrogens (tertiary/aromatic N) is 7. The molecule has 0 aromatic carbocycles. The number of nitrogens with one attached hydrogen (secondary N) is 2. The zero-order valence-electron chi connectivity index (χ0n) is 19.5. The first-order valence-corrected chi connectivity index (χ1v) is 10.9. The number of esters is 1. The molecule has 0 spiro atoms. The molecular formula is C23H25N9O2. The molecule has 34 heavy (non-hydrogen) atoms. The number of pyridine rings is 2. The van der Waals surface area contributed by atoms with Crippen LogP contribution in [0.1, 0.15) is 28.7 Å². The number of aromatic nitrogens is 6. The quantitative estimate of drug-likeness (QED) is 0.416. The second kappa shape index (κ2) is 8.67. The molecule has 11 nitrogen and oxygen atoms in total. The molecule has 0 atom stereocenters. The van der Waals surface area contributed by atoms with E-state index < -0.39 is 5.97 Å². The van der Waals surface area contributed by atoms with Crippen molar-refractivity contribution in [3.05, 3.63) is 47.9 Å². The predicted octanol–water partition coefficient (Wildman–Crippen LogP) is 2.73. The summed E-state index contributed by atoms with van der Waals surface area (Å²) >= 11 is 0. The molecule has 174 valence electrons. The molecule has 1 aliphatic heterocycles. The average molecular weight is 460 g/mol. The number of aryl methyl sites for hydroxylation is 1. The van der Waals surface area contributed by atoms with E-state index in [2.05, 4.69) is 47.4 Å². The van der Waals surface area contributed by atoms with Crippen LogP contribution in [0, 0.1) is 0 Å². The highest BCUT2D eigenvalue weighted by atomic mass is 16.5. The Bertz CT molecular complexity index is 1400. The van der Waals surface area contributed by atoms with Crippen molar-refractivity contribution in [3.63, 3.8) is 0 Å². The third kappa shape index (κ3) is 3.69. The van der Waals surface area contributed by atoms with Crippen LogP contribution < -0.4 is 10.6 Å². The van der Waals surface area contributed by atoms with E-state index in [1.807, 2.05) is 17.7 Å². The number of carbonyl (C=O) groups is 1. The highest BCUT2D eigenvalue weighted by Crippen LogP contribution is 2.33. The van der Waals surface area contributed by atoms with Gasteiger partial charge in [0.1, 0.15) is 11.2 Å². The summed E-state index contributed by atoms with van der Waals surface area (Å²) in [5.74, 6) is 0.140. The van der Waals surface area contributed by atoms with Crippen molar-refractivity contribution in [1.29, 1.82) is 0 Å². The first kappa shape index (κ1) is 21.7. The minimum absolute atomic E-state index is 0.0557. The van der Waals surface area contributed by atoms with E-state index in [-0.39, 0.29) is 11.5 Å². The smallest absolute Gasteiger partial charge is 0.360 e. The molecule has 0 fully saturated rings. The van der Waals surface area contributed by atoms with Crippen molar-refractivity contribution in [2.75, 3.05) is 31.3 Å². The zero-order valence-corrected chi connectivity index (χ0v) is 19.5. The Morgan fingerprint density at radius 1 is 1.15 bits per heavy atom. The van der Waals surface area contributed by atoms with E-state index in [1.165, 1.54) is 7.11 Å². The first-order chi connectivity index (χ1) is 16.5. The van der Waals surface area contributed by atoms with Crippen LogP contribution in [0.15, 0.2) is 31.0 Å². The Balaban J connectivity index is 1.60. The minimum Gasteiger partial charge on any atom is -0.464 e. The van der Waals surface area contributed by atoms with E-state index in [4.69, 9.17) is 4.74 Å². The van der Waals surface area contributed by atoms with Crippen molar-refractivity contribution in [2.45, 2.75) is 20.0 Å². The molecular weight excluding hydrogens is 434 g/mol. The van der Waals surface area contributed by atoms with Crippen LogP contribution in [0.4, 0.5) is 17.3 Å². The highest BCUT2D eigenvalue weighted by Gasteiger charge is 2.24. The maximum Gasteiger partial charge on any atom is 0.360 e. The third-order valence-corrected chi connectivity index (χ3v) is 5.94.